The van der Waals surface area contributed by atoms with Crippen molar-refractivity contribution in [3.05, 3.63) is 52.6 Å². The highest BCUT2D eigenvalue weighted by atomic mass is 16.5. The minimum absolute atomic E-state index is 0.122. The van der Waals surface area contributed by atoms with Crippen LogP contribution in [0.15, 0.2) is 30.3 Å². The fourth-order valence-electron chi connectivity index (χ4n) is 4.05. The molecule has 2 heterocycles. The Hall–Kier alpha value is -2.32. The molecule has 0 aromatic heterocycles. The molecule has 2 aliphatic heterocycles. The molecule has 0 amide bonds. The summed E-state index contributed by atoms with van der Waals surface area (Å²) in [6.07, 6.45) is -2.99. The zero-order valence-corrected chi connectivity index (χ0v) is 16.3. The van der Waals surface area contributed by atoms with Gasteiger partial charge in [-0.05, 0) is 30.2 Å². The molecule has 4 atom stereocenters. The van der Waals surface area contributed by atoms with Gasteiger partial charge in [0.2, 0.25) is 0 Å². The molecular formula is C22H27NO6. The maximum Gasteiger partial charge on any atom is 0.142 e. The van der Waals surface area contributed by atoms with Crippen molar-refractivity contribution in [3.8, 4) is 11.5 Å². The molecule has 4 unspecified atom stereocenters. The van der Waals surface area contributed by atoms with Crippen molar-refractivity contribution >= 4 is 5.69 Å². The van der Waals surface area contributed by atoms with Crippen molar-refractivity contribution in [2.75, 3.05) is 25.1 Å². The van der Waals surface area contributed by atoms with Gasteiger partial charge in [-0.15, -0.1) is 0 Å². The van der Waals surface area contributed by atoms with E-state index in [1.807, 2.05) is 31.2 Å². The monoisotopic (exact) mass is 401 g/mol. The summed E-state index contributed by atoms with van der Waals surface area (Å²) in [4.78, 5) is 0. The van der Waals surface area contributed by atoms with Crippen LogP contribution in [-0.4, -0.2) is 58.5 Å². The van der Waals surface area contributed by atoms with Crippen LogP contribution in [0.4, 0.5) is 5.69 Å². The van der Waals surface area contributed by atoms with Crippen molar-refractivity contribution in [2.24, 2.45) is 0 Å². The van der Waals surface area contributed by atoms with Crippen LogP contribution < -0.4 is 10.1 Å². The summed E-state index contributed by atoms with van der Waals surface area (Å²) < 4.78 is 11.4. The Balaban J connectivity index is 1.62. The van der Waals surface area contributed by atoms with E-state index in [1.165, 1.54) is 0 Å². The van der Waals surface area contributed by atoms with E-state index in [1.54, 1.807) is 6.07 Å². The van der Waals surface area contributed by atoms with Crippen LogP contribution in [0, 0.1) is 6.92 Å². The third-order valence-corrected chi connectivity index (χ3v) is 5.74. The Kier molecular flexibility index (Phi) is 5.65. The second-order valence-corrected chi connectivity index (χ2v) is 7.72. The van der Waals surface area contributed by atoms with Crippen molar-refractivity contribution < 1.29 is 29.9 Å². The van der Waals surface area contributed by atoms with Crippen molar-refractivity contribution in [2.45, 2.75) is 44.2 Å². The summed E-state index contributed by atoms with van der Waals surface area (Å²) >= 11 is 0. The number of phenols is 1. The number of aromatic hydroxyl groups is 1. The molecule has 1 fully saturated rings. The summed E-state index contributed by atoms with van der Waals surface area (Å²) in [6.45, 7) is 2.94. The second kappa shape index (κ2) is 8.20. The Bertz CT molecular complexity index is 886. The first kappa shape index (κ1) is 20.0. The summed E-state index contributed by atoms with van der Waals surface area (Å²) in [5, 5.41) is 43.8. The van der Waals surface area contributed by atoms with Crippen LogP contribution in [0.2, 0.25) is 0 Å². The molecule has 2 aromatic rings. The summed E-state index contributed by atoms with van der Waals surface area (Å²) in [5.74, 6) is 0.949. The van der Waals surface area contributed by atoms with Crippen LogP contribution >= 0.6 is 0 Å². The molecule has 156 valence electrons. The smallest absolute Gasteiger partial charge is 0.142 e. The SMILES string of the molecule is Cc1ccc(C2CC(O)C(O)C(CO)O2)c(O)c1Cc1ccc2c(c1)NCCO2. The molecule has 4 rings (SSSR count). The third kappa shape index (κ3) is 3.91. The van der Waals surface area contributed by atoms with Gasteiger partial charge in [0, 0.05) is 30.5 Å². The highest BCUT2D eigenvalue weighted by molar-refractivity contribution is 5.60. The van der Waals surface area contributed by atoms with Crippen molar-refractivity contribution in [1.29, 1.82) is 0 Å². The third-order valence-electron chi connectivity index (χ3n) is 5.74. The number of phenolic OH excluding ortho intramolecular Hbond substituents is 1. The first-order valence-corrected chi connectivity index (χ1v) is 9.91. The van der Waals surface area contributed by atoms with Gasteiger partial charge in [-0.2, -0.15) is 0 Å². The molecule has 0 saturated carbocycles. The fourth-order valence-corrected chi connectivity index (χ4v) is 4.05. The van der Waals surface area contributed by atoms with Gasteiger partial charge in [0.1, 0.15) is 30.3 Å². The Morgan fingerprint density at radius 3 is 2.79 bits per heavy atom. The molecule has 1 saturated heterocycles. The number of ether oxygens (including phenoxy) is 2. The summed E-state index contributed by atoms with van der Waals surface area (Å²) in [6, 6.07) is 9.63. The molecule has 5 N–H and O–H groups in total. The van der Waals surface area contributed by atoms with Gasteiger partial charge in [-0.3, -0.25) is 0 Å². The van der Waals surface area contributed by atoms with E-state index in [-0.39, 0.29) is 12.2 Å². The molecular weight excluding hydrogens is 374 g/mol. The summed E-state index contributed by atoms with van der Waals surface area (Å²) in [7, 11) is 0. The average Bonchev–Trinajstić information content (AvgIpc) is 2.73. The van der Waals surface area contributed by atoms with E-state index in [9.17, 15) is 20.4 Å². The standard InChI is InChI=1S/C22H27NO6/c1-12-2-4-14(19-10-17(25)22(27)20(11-24)29-19)21(26)15(12)8-13-3-5-18-16(9-13)23-6-7-28-18/h2-5,9,17,19-20,22-27H,6-8,10-11H2,1H3. The number of hydrogen-bond acceptors (Lipinski definition) is 7. The number of fused-ring (bicyclic) bond motifs is 1. The lowest BCUT2D eigenvalue weighted by Crippen LogP contribution is -2.47. The van der Waals surface area contributed by atoms with Gasteiger partial charge in [-0.25, -0.2) is 0 Å². The van der Waals surface area contributed by atoms with Crippen LogP contribution in [0.3, 0.4) is 0 Å². The fraction of sp³-hybridized carbons (Fsp3) is 0.455. The highest BCUT2D eigenvalue weighted by Crippen LogP contribution is 2.39. The normalized spacial score (nSPS) is 26.3. The number of aliphatic hydroxyl groups excluding tert-OH is 3. The van der Waals surface area contributed by atoms with Gasteiger partial charge in [0.25, 0.3) is 0 Å². The molecule has 0 bridgehead atoms. The number of nitrogens with one attached hydrogen (secondary N) is 1. The van der Waals surface area contributed by atoms with E-state index in [0.717, 1.165) is 34.7 Å². The maximum atomic E-state index is 11.0. The van der Waals surface area contributed by atoms with Gasteiger partial charge < -0.3 is 35.2 Å². The minimum atomic E-state index is -1.14. The molecule has 0 radical (unpaired) electrons. The van der Waals surface area contributed by atoms with E-state index < -0.39 is 31.0 Å². The van der Waals surface area contributed by atoms with Crippen LogP contribution in [0.25, 0.3) is 0 Å². The maximum absolute atomic E-state index is 11.0. The number of anilines is 1. The van der Waals surface area contributed by atoms with Gasteiger partial charge >= 0.3 is 0 Å². The van der Waals surface area contributed by atoms with Crippen molar-refractivity contribution in [1.82, 2.24) is 0 Å². The van der Waals surface area contributed by atoms with Crippen LogP contribution in [-0.2, 0) is 11.2 Å². The van der Waals surface area contributed by atoms with E-state index in [4.69, 9.17) is 9.47 Å². The lowest BCUT2D eigenvalue weighted by atomic mass is 9.90. The molecule has 29 heavy (non-hydrogen) atoms. The molecule has 7 nitrogen and oxygen atoms in total. The van der Waals surface area contributed by atoms with E-state index in [0.29, 0.717) is 18.6 Å². The molecule has 0 spiro atoms. The lowest BCUT2D eigenvalue weighted by Gasteiger charge is -2.37. The minimum Gasteiger partial charge on any atom is -0.507 e. The quantitative estimate of drug-likeness (QED) is 0.530. The Morgan fingerprint density at radius 2 is 2.00 bits per heavy atom. The predicted molar refractivity (Wildman–Crippen MR) is 107 cm³/mol. The molecule has 2 aromatic carbocycles. The second-order valence-electron chi connectivity index (χ2n) is 7.72. The topological polar surface area (TPSA) is 111 Å². The summed E-state index contributed by atoms with van der Waals surface area (Å²) in [5.41, 5.74) is 4.26. The first-order chi connectivity index (χ1) is 14.0. The van der Waals surface area contributed by atoms with Gasteiger partial charge in [0.05, 0.1) is 24.5 Å². The lowest BCUT2D eigenvalue weighted by molar-refractivity contribution is -0.181. The van der Waals surface area contributed by atoms with Crippen LogP contribution in [0.1, 0.15) is 34.8 Å². The van der Waals surface area contributed by atoms with E-state index >= 15 is 0 Å². The highest BCUT2D eigenvalue weighted by Gasteiger charge is 2.38. The Labute approximate surface area is 169 Å². The molecule has 0 aliphatic carbocycles. The van der Waals surface area contributed by atoms with Crippen molar-refractivity contribution in [3.63, 3.8) is 0 Å². The van der Waals surface area contributed by atoms with E-state index in [2.05, 4.69) is 5.32 Å². The average molecular weight is 401 g/mol. The van der Waals surface area contributed by atoms with Gasteiger partial charge in [-0.1, -0.05) is 18.2 Å². The number of hydrogen-bond donors (Lipinski definition) is 5. The zero-order valence-electron chi connectivity index (χ0n) is 16.3. The zero-order chi connectivity index (χ0) is 20.5. The predicted octanol–water partition coefficient (Wildman–Crippen LogP) is 1.64. The largest absolute Gasteiger partial charge is 0.507 e. The molecule has 2 aliphatic rings. The first-order valence-electron chi connectivity index (χ1n) is 9.91. The van der Waals surface area contributed by atoms with Crippen LogP contribution in [0.5, 0.6) is 11.5 Å². The number of benzene rings is 2. The number of aryl methyl sites for hydroxylation is 1. The Morgan fingerprint density at radius 1 is 1.17 bits per heavy atom. The van der Waals surface area contributed by atoms with Gasteiger partial charge in [0.15, 0.2) is 0 Å². The number of aliphatic hydroxyl groups is 3. The number of rotatable bonds is 4. The molecule has 7 heteroatoms.